The summed E-state index contributed by atoms with van der Waals surface area (Å²) in [7, 11) is 0.313. The SMILES string of the molecule is CN[C@H](C(=O)N1CCC[C@H]1B(O)O)C(C)(C)C. The molecule has 3 N–H and O–H groups in total. The number of likely N-dealkylation sites (N-methyl/N-ethyl adjacent to an activating group) is 1. The van der Waals surface area contributed by atoms with Gasteiger partial charge in [-0.1, -0.05) is 20.8 Å². The van der Waals surface area contributed by atoms with Gasteiger partial charge in [0.2, 0.25) is 5.91 Å². The maximum absolute atomic E-state index is 12.4. The summed E-state index contributed by atoms with van der Waals surface area (Å²) in [6.45, 7) is 6.58. The van der Waals surface area contributed by atoms with Gasteiger partial charge in [0.1, 0.15) is 0 Å². The third kappa shape index (κ3) is 3.21. The van der Waals surface area contributed by atoms with E-state index < -0.39 is 13.1 Å². The molecule has 1 amide bonds. The Balaban J connectivity index is 2.81. The number of nitrogens with one attached hydrogen (secondary N) is 1. The van der Waals surface area contributed by atoms with Gasteiger partial charge in [0.05, 0.1) is 12.0 Å². The number of hydrogen-bond donors (Lipinski definition) is 3. The van der Waals surface area contributed by atoms with E-state index in [0.717, 1.165) is 6.42 Å². The van der Waals surface area contributed by atoms with Crippen LogP contribution < -0.4 is 5.32 Å². The van der Waals surface area contributed by atoms with E-state index in [9.17, 15) is 14.8 Å². The Morgan fingerprint density at radius 3 is 2.47 bits per heavy atom. The van der Waals surface area contributed by atoms with E-state index >= 15 is 0 Å². The molecule has 1 heterocycles. The highest BCUT2D eigenvalue weighted by molar-refractivity contribution is 6.43. The van der Waals surface area contributed by atoms with Crippen molar-refractivity contribution >= 4 is 13.0 Å². The molecule has 1 aliphatic heterocycles. The quantitative estimate of drug-likeness (QED) is 0.590. The molecule has 6 heteroatoms. The van der Waals surface area contributed by atoms with Crippen LogP contribution in [0.3, 0.4) is 0 Å². The second-order valence-electron chi connectivity index (χ2n) is 5.74. The van der Waals surface area contributed by atoms with Crippen molar-refractivity contribution in [3.8, 4) is 0 Å². The Hall–Kier alpha value is -0.585. The summed E-state index contributed by atoms with van der Waals surface area (Å²) < 4.78 is 0. The lowest BCUT2D eigenvalue weighted by Crippen LogP contribution is -2.55. The van der Waals surface area contributed by atoms with Crippen LogP contribution in [0.5, 0.6) is 0 Å². The minimum atomic E-state index is -1.45. The average molecular weight is 242 g/mol. The summed E-state index contributed by atoms with van der Waals surface area (Å²) in [5.41, 5.74) is -0.195. The Kier molecular flexibility index (Phi) is 4.58. The van der Waals surface area contributed by atoms with Crippen LogP contribution in [0.25, 0.3) is 0 Å². The number of carbonyl (C=O) groups is 1. The molecule has 1 rings (SSSR count). The number of nitrogens with zero attached hydrogens (tertiary/aromatic N) is 1. The lowest BCUT2D eigenvalue weighted by molar-refractivity contribution is -0.136. The van der Waals surface area contributed by atoms with Crippen LogP contribution in [0.1, 0.15) is 33.6 Å². The van der Waals surface area contributed by atoms with Crippen molar-refractivity contribution in [3.05, 3.63) is 0 Å². The molecular weight excluding hydrogens is 219 g/mol. The number of hydrogen-bond acceptors (Lipinski definition) is 4. The van der Waals surface area contributed by atoms with Crippen LogP contribution in [0.2, 0.25) is 0 Å². The largest absolute Gasteiger partial charge is 0.475 e. The van der Waals surface area contributed by atoms with Crippen molar-refractivity contribution in [2.24, 2.45) is 5.41 Å². The predicted octanol–water partition coefficient (Wildman–Crippen LogP) is -0.377. The van der Waals surface area contributed by atoms with Gasteiger partial charge in [0.15, 0.2) is 0 Å². The Morgan fingerprint density at radius 1 is 1.47 bits per heavy atom. The summed E-state index contributed by atoms with van der Waals surface area (Å²) in [6.07, 6.45) is 1.48. The topological polar surface area (TPSA) is 72.8 Å². The van der Waals surface area contributed by atoms with Crippen LogP contribution in [-0.2, 0) is 4.79 Å². The molecule has 5 nitrogen and oxygen atoms in total. The smallest absolute Gasteiger partial charge is 0.426 e. The highest BCUT2D eigenvalue weighted by Gasteiger charge is 2.41. The van der Waals surface area contributed by atoms with Gasteiger partial charge < -0.3 is 20.3 Å². The zero-order valence-corrected chi connectivity index (χ0v) is 11.1. The zero-order chi connectivity index (χ0) is 13.2. The van der Waals surface area contributed by atoms with Gasteiger partial charge in [0.25, 0.3) is 0 Å². The molecule has 0 spiro atoms. The monoisotopic (exact) mass is 242 g/mol. The average Bonchev–Trinajstić information content (AvgIpc) is 2.64. The van der Waals surface area contributed by atoms with Crippen molar-refractivity contribution < 1.29 is 14.8 Å². The number of likely N-dealkylation sites (tertiary alicyclic amines) is 1. The van der Waals surface area contributed by atoms with E-state index in [1.54, 1.807) is 11.9 Å². The van der Waals surface area contributed by atoms with Crippen molar-refractivity contribution in [3.63, 3.8) is 0 Å². The standard InChI is InChI=1S/C11H23BN2O3/c1-11(2,3)9(13-4)10(15)14-7-5-6-8(14)12(16)17/h8-9,13,16-17H,5-7H2,1-4H3/t8-,9+/m0/s1. The Morgan fingerprint density at radius 2 is 2.06 bits per heavy atom. The van der Waals surface area contributed by atoms with E-state index in [1.165, 1.54) is 0 Å². The van der Waals surface area contributed by atoms with Crippen LogP contribution >= 0.6 is 0 Å². The molecular formula is C11H23BN2O3. The Bertz CT molecular complexity index is 278. The molecule has 0 unspecified atom stereocenters. The third-order valence-corrected chi connectivity index (χ3v) is 3.33. The predicted molar refractivity (Wildman–Crippen MR) is 67.2 cm³/mol. The summed E-state index contributed by atoms with van der Waals surface area (Å²) in [6, 6.07) is -0.304. The van der Waals surface area contributed by atoms with Crippen LogP contribution in [0.4, 0.5) is 0 Å². The Labute approximate surface area is 103 Å². The third-order valence-electron chi connectivity index (χ3n) is 3.33. The molecule has 0 aromatic carbocycles. The molecule has 1 saturated heterocycles. The van der Waals surface area contributed by atoms with Gasteiger partial charge in [-0.3, -0.25) is 4.79 Å². The molecule has 0 aromatic rings. The van der Waals surface area contributed by atoms with Gasteiger partial charge in [0, 0.05) is 6.54 Å². The van der Waals surface area contributed by atoms with Crippen molar-refractivity contribution in [2.75, 3.05) is 13.6 Å². The van der Waals surface area contributed by atoms with Gasteiger partial charge >= 0.3 is 7.12 Å². The summed E-state index contributed by atoms with van der Waals surface area (Å²) in [5.74, 6) is -0.503. The normalized spacial score (nSPS) is 22.7. The first-order valence-corrected chi connectivity index (χ1v) is 6.13. The minimum absolute atomic E-state index is 0.0457. The molecule has 17 heavy (non-hydrogen) atoms. The fourth-order valence-electron chi connectivity index (χ4n) is 2.47. The van der Waals surface area contributed by atoms with Crippen LogP contribution in [0.15, 0.2) is 0 Å². The number of carbonyl (C=O) groups excluding carboxylic acids is 1. The van der Waals surface area contributed by atoms with E-state index in [1.807, 2.05) is 20.8 Å². The van der Waals surface area contributed by atoms with Gasteiger partial charge in [-0.2, -0.15) is 0 Å². The molecule has 1 fully saturated rings. The van der Waals surface area contributed by atoms with Crippen LogP contribution in [0, 0.1) is 5.41 Å². The first kappa shape index (κ1) is 14.5. The van der Waals surface area contributed by atoms with Crippen molar-refractivity contribution in [2.45, 2.75) is 45.6 Å². The van der Waals surface area contributed by atoms with Gasteiger partial charge in [-0.15, -0.1) is 0 Å². The van der Waals surface area contributed by atoms with E-state index in [0.29, 0.717) is 13.0 Å². The van der Waals surface area contributed by atoms with E-state index in [2.05, 4.69) is 5.32 Å². The van der Waals surface area contributed by atoms with E-state index in [-0.39, 0.29) is 17.4 Å². The lowest BCUT2D eigenvalue weighted by atomic mass is 9.77. The van der Waals surface area contributed by atoms with E-state index in [4.69, 9.17) is 0 Å². The fraction of sp³-hybridized carbons (Fsp3) is 0.909. The summed E-state index contributed by atoms with van der Waals surface area (Å²) in [5, 5.41) is 21.6. The molecule has 98 valence electrons. The maximum Gasteiger partial charge on any atom is 0.475 e. The molecule has 0 saturated carbocycles. The summed E-state index contributed by atoms with van der Waals surface area (Å²) >= 11 is 0. The molecule has 2 atom stereocenters. The lowest BCUT2D eigenvalue weighted by Gasteiger charge is -2.35. The first-order chi connectivity index (χ1) is 7.79. The number of rotatable bonds is 3. The van der Waals surface area contributed by atoms with Crippen molar-refractivity contribution in [1.82, 2.24) is 10.2 Å². The fourth-order valence-corrected chi connectivity index (χ4v) is 2.47. The second-order valence-corrected chi connectivity index (χ2v) is 5.74. The number of amides is 1. The summed E-state index contributed by atoms with van der Waals surface area (Å²) in [4.78, 5) is 14.0. The molecule has 0 aliphatic carbocycles. The highest BCUT2D eigenvalue weighted by atomic mass is 16.4. The molecule has 0 radical (unpaired) electrons. The minimum Gasteiger partial charge on any atom is -0.426 e. The van der Waals surface area contributed by atoms with Crippen molar-refractivity contribution in [1.29, 1.82) is 0 Å². The molecule has 1 aliphatic rings. The van der Waals surface area contributed by atoms with Gasteiger partial charge in [-0.05, 0) is 25.3 Å². The van der Waals surface area contributed by atoms with Crippen LogP contribution in [-0.4, -0.2) is 53.5 Å². The second kappa shape index (κ2) is 5.37. The van der Waals surface area contributed by atoms with Gasteiger partial charge in [-0.25, -0.2) is 0 Å². The molecule has 0 bridgehead atoms. The zero-order valence-electron chi connectivity index (χ0n) is 11.1. The molecule has 0 aromatic heterocycles. The first-order valence-electron chi connectivity index (χ1n) is 6.13. The maximum atomic E-state index is 12.4. The highest BCUT2D eigenvalue weighted by Crippen LogP contribution is 2.25.